The first-order valence-electron chi connectivity index (χ1n) is 14.3. The van der Waals surface area contributed by atoms with Gasteiger partial charge in [0, 0.05) is 12.2 Å². The van der Waals surface area contributed by atoms with Gasteiger partial charge < -0.3 is 4.74 Å². The fourth-order valence-electron chi connectivity index (χ4n) is 3.63. The Kier molecular flexibility index (Phi) is 25.6. The van der Waals surface area contributed by atoms with Crippen LogP contribution in [-0.2, 0) is 4.74 Å². The van der Waals surface area contributed by atoms with Crippen LogP contribution in [0, 0.1) is 0 Å². The Hall–Kier alpha value is -1.67. The minimum atomic E-state index is 0.889. The molecule has 0 spiro atoms. The lowest BCUT2D eigenvalue weighted by atomic mass is 10.4. The van der Waals surface area contributed by atoms with Crippen LogP contribution in [0.25, 0.3) is 0 Å². The van der Waals surface area contributed by atoms with Crippen LogP contribution < -0.4 is 0 Å². The van der Waals surface area contributed by atoms with Crippen molar-refractivity contribution in [1.29, 1.82) is 0 Å². The quantitative estimate of drug-likeness (QED) is 0.308. The van der Waals surface area contributed by atoms with E-state index in [0.29, 0.717) is 0 Å². The lowest BCUT2D eigenvalue weighted by Crippen LogP contribution is -1.70. The maximum Gasteiger partial charge on any atom is 0.0908 e. The van der Waals surface area contributed by atoms with E-state index in [1.165, 1.54) is 108 Å². The van der Waals surface area contributed by atoms with Crippen molar-refractivity contribution >= 4 is 11.8 Å². The SMILES string of the molecule is C1=CCCC1.C1=CCCC1.C1=CCCC1.C1=CCCC1.C1=CCCC1.C1=COCC1.C1=CSCC1. The summed E-state index contributed by atoms with van der Waals surface area (Å²) in [6.07, 6.45) is 50.8. The smallest absolute Gasteiger partial charge is 0.0908 e. The summed E-state index contributed by atoms with van der Waals surface area (Å²) < 4.78 is 4.76. The van der Waals surface area contributed by atoms with Crippen LogP contribution in [0.2, 0.25) is 0 Å². The highest BCUT2D eigenvalue weighted by molar-refractivity contribution is 8.02. The summed E-state index contributed by atoms with van der Waals surface area (Å²) in [5, 5.41) is 2.15. The topological polar surface area (TPSA) is 9.23 Å². The van der Waals surface area contributed by atoms with Crippen molar-refractivity contribution in [3.05, 3.63) is 84.6 Å². The first kappa shape index (κ1) is 31.4. The van der Waals surface area contributed by atoms with Gasteiger partial charge in [0.2, 0.25) is 0 Å². The molecule has 0 unspecified atom stereocenters. The van der Waals surface area contributed by atoms with Gasteiger partial charge in [0.15, 0.2) is 0 Å². The molecule has 0 radical (unpaired) electrons. The third-order valence-corrected chi connectivity index (χ3v) is 6.59. The van der Waals surface area contributed by atoms with Crippen LogP contribution in [0.5, 0.6) is 0 Å². The van der Waals surface area contributed by atoms with Crippen molar-refractivity contribution in [2.24, 2.45) is 0 Å². The van der Waals surface area contributed by atoms with Gasteiger partial charge in [-0.3, -0.25) is 0 Å². The summed E-state index contributed by atoms with van der Waals surface area (Å²) in [6, 6.07) is 0. The van der Waals surface area contributed by atoms with Crippen LogP contribution in [0.15, 0.2) is 84.6 Å². The number of ether oxygens (including phenoxy) is 1. The fourth-order valence-corrected chi connectivity index (χ4v) is 4.31. The molecule has 0 bridgehead atoms. The average Bonchev–Trinajstić information content (AvgIpc) is 3.81. The minimum Gasteiger partial charge on any atom is -0.501 e. The Morgan fingerprint density at radius 3 is 0.829 bits per heavy atom. The zero-order chi connectivity index (χ0) is 24.7. The summed E-state index contributed by atoms with van der Waals surface area (Å²) in [4.78, 5) is 0. The molecule has 7 rings (SSSR count). The standard InChI is InChI=1S/5C5H8.C4H6O.C4H6S/c7*1-2-4-5-3-1/h5*1-2H,3-5H2;2*1,3H,2,4H2. The molecule has 0 aromatic rings. The number of allylic oxidation sites excluding steroid dienone is 11. The van der Waals surface area contributed by atoms with Gasteiger partial charge in [-0.05, 0) is 114 Å². The van der Waals surface area contributed by atoms with Crippen molar-refractivity contribution < 1.29 is 4.74 Å². The summed E-state index contributed by atoms with van der Waals surface area (Å²) >= 11 is 1.89. The molecular formula is C33H52OS. The first-order valence-corrected chi connectivity index (χ1v) is 15.3. The zero-order valence-electron chi connectivity index (χ0n) is 22.3. The van der Waals surface area contributed by atoms with Gasteiger partial charge in [-0.2, -0.15) is 0 Å². The van der Waals surface area contributed by atoms with Gasteiger partial charge in [-0.25, -0.2) is 0 Å². The largest absolute Gasteiger partial charge is 0.501 e. The van der Waals surface area contributed by atoms with E-state index in [4.69, 9.17) is 4.74 Å². The zero-order valence-corrected chi connectivity index (χ0v) is 23.2. The van der Waals surface area contributed by atoms with Crippen molar-refractivity contribution in [2.45, 2.75) is 109 Å². The van der Waals surface area contributed by atoms with Gasteiger partial charge in [0.25, 0.3) is 0 Å². The lowest BCUT2D eigenvalue weighted by molar-refractivity contribution is 0.281. The molecule has 35 heavy (non-hydrogen) atoms. The summed E-state index contributed by atoms with van der Waals surface area (Å²) in [7, 11) is 0. The van der Waals surface area contributed by atoms with Crippen molar-refractivity contribution in [3.63, 3.8) is 0 Å². The predicted molar refractivity (Wildman–Crippen MR) is 161 cm³/mol. The normalized spacial score (nSPS) is 20.6. The van der Waals surface area contributed by atoms with Crippen LogP contribution >= 0.6 is 11.8 Å². The maximum atomic E-state index is 4.76. The Bertz CT molecular complexity index is 436. The number of hydrogen-bond donors (Lipinski definition) is 0. The molecule has 0 atom stereocenters. The van der Waals surface area contributed by atoms with Gasteiger partial charge in [0.05, 0.1) is 12.9 Å². The minimum absolute atomic E-state index is 0.889. The Morgan fingerprint density at radius 1 is 0.371 bits per heavy atom. The van der Waals surface area contributed by atoms with E-state index >= 15 is 0 Å². The number of rotatable bonds is 0. The molecule has 1 nitrogen and oxygen atoms in total. The molecule has 0 aromatic carbocycles. The fraction of sp³-hybridized carbons (Fsp3) is 0.576. The van der Waals surface area contributed by atoms with Gasteiger partial charge in [-0.1, -0.05) is 66.8 Å². The molecule has 2 aliphatic heterocycles. The monoisotopic (exact) mass is 496 g/mol. The Labute approximate surface area is 222 Å². The summed E-state index contributed by atoms with van der Waals surface area (Å²) in [5.41, 5.74) is 0. The molecule has 0 saturated heterocycles. The lowest BCUT2D eigenvalue weighted by Gasteiger charge is -1.79. The van der Waals surface area contributed by atoms with Crippen molar-refractivity contribution in [1.82, 2.24) is 0 Å². The summed E-state index contributed by atoms with van der Waals surface area (Å²) in [5.74, 6) is 1.31. The van der Waals surface area contributed by atoms with Crippen LogP contribution in [-0.4, -0.2) is 12.4 Å². The highest BCUT2D eigenvalue weighted by Gasteiger charge is 1.87. The van der Waals surface area contributed by atoms with E-state index in [0.717, 1.165) is 13.0 Å². The molecule has 0 fully saturated rings. The first-order chi connectivity index (χ1) is 17.5. The molecule has 196 valence electrons. The van der Waals surface area contributed by atoms with Crippen LogP contribution in [0.1, 0.15) is 109 Å². The third kappa shape index (κ3) is 26.8. The highest BCUT2D eigenvalue weighted by Crippen LogP contribution is 2.11. The Balaban J connectivity index is 0.000000204. The van der Waals surface area contributed by atoms with E-state index in [2.05, 4.69) is 72.2 Å². The van der Waals surface area contributed by atoms with E-state index in [1.54, 1.807) is 6.26 Å². The molecular weight excluding hydrogens is 444 g/mol. The predicted octanol–water partition coefficient (Wildman–Crippen LogP) is 11.2. The second-order valence-corrected chi connectivity index (χ2v) is 10.1. The van der Waals surface area contributed by atoms with E-state index in [1.807, 2.05) is 17.8 Å². The molecule has 0 amide bonds. The molecule has 0 saturated carbocycles. The van der Waals surface area contributed by atoms with Gasteiger partial charge >= 0.3 is 0 Å². The maximum absolute atomic E-state index is 4.76. The van der Waals surface area contributed by atoms with Crippen LogP contribution in [0.4, 0.5) is 0 Å². The summed E-state index contributed by atoms with van der Waals surface area (Å²) in [6.45, 7) is 0.889. The van der Waals surface area contributed by atoms with Crippen molar-refractivity contribution in [3.8, 4) is 0 Å². The van der Waals surface area contributed by atoms with E-state index in [-0.39, 0.29) is 0 Å². The third-order valence-electron chi connectivity index (χ3n) is 5.73. The second kappa shape index (κ2) is 28.6. The molecule has 2 heteroatoms. The molecule has 0 N–H and O–H groups in total. The highest BCUT2D eigenvalue weighted by atomic mass is 32.2. The van der Waals surface area contributed by atoms with Gasteiger partial charge in [-0.15, -0.1) is 11.8 Å². The Morgan fingerprint density at radius 2 is 0.743 bits per heavy atom. The van der Waals surface area contributed by atoms with Crippen molar-refractivity contribution in [2.75, 3.05) is 12.4 Å². The number of hydrogen-bond acceptors (Lipinski definition) is 2. The molecule has 7 aliphatic rings. The van der Waals surface area contributed by atoms with Crippen LogP contribution in [0.3, 0.4) is 0 Å². The van der Waals surface area contributed by atoms with E-state index < -0.39 is 0 Å². The van der Waals surface area contributed by atoms with Gasteiger partial charge in [0.1, 0.15) is 0 Å². The van der Waals surface area contributed by atoms with E-state index in [9.17, 15) is 0 Å². The molecule has 2 heterocycles. The molecule has 0 aromatic heterocycles. The average molecular weight is 497 g/mol. The molecule has 5 aliphatic carbocycles. The second-order valence-electron chi connectivity index (χ2n) is 9.07. The number of thioether (sulfide) groups is 1.